The Bertz CT molecular complexity index is 579. The average Bonchev–Trinajstić information content (AvgIpc) is 2.85. The van der Waals surface area contributed by atoms with Crippen LogP contribution in [0.4, 0.5) is 5.82 Å². The largest absolute Gasteiger partial charge is 0.370 e. The molecule has 0 fully saturated rings. The smallest absolute Gasteiger partial charge is 0.141 e. The minimum Gasteiger partial charge on any atom is -0.370 e. The number of rotatable bonds is 7. The lowest BCUT2D eigenvalue weighted by atomic mass is 10.2. The molecule has 5 nitrogen and oxygen atoms in total. The van der Waals surface area contributed by atoms with Gasteiger partial charge in [-0.05, 0) is 18.6 Å². The molecule has 2 aromatic rings. The molecule has 0 radical (unpaired) electrons. The topological polar surface area (TPSA) is 55.6 Å². The van der Waals surface area contributed by atoms with Gasteiger partial charge in [-0.3, -0.25) is 4.68 Å². The highest BCUT2D eigenvalue weighted by atomic mass is 32.2. The Labute approximate surface area is 130 Å². The fraction of sp³-hybridized carbons (Fsp3) is 0.533. The quantitative estimate of drug-likeness (QED) is 0.851. The van der Waals surface area contributed by atoms with Crippen LogP contribution in [0.2, 0.25) is 0 Å². The monoisotopic (exact) mass is 305 g/mol. The van der Waals surface area contributed by atoms with Gasteiger partial charge in [0, 0.05) is 31.4 Å². The van der Waals surface area contributed by atoms with Gasteiger partial charge in [-0.1, -0.05) is 13.8 Å². The van der Waals surface area contributed by atoms with Gasteiger partial charge in [-0.15, -0.1) is 0 Å². The lowest BCUT2D eigenvalue weighted by Crippen LogP contribution is -2.04. The van der Waals surface area contributed by atoms with Gasteiger partial charge in [0.1, 0.15) is 11.6 Å². The summed E-state index contributed by atoms with van der Waals surface area (Å²) >= 11 is 1.88. The van der Waals surface area contributed by atoms with Crippen LogP contribution in [0.1, 0.15) is 26.6 Å². The van der Waals surface area contributed by atoms with E-state index in [1.807, 2.05) is 37.3 Å². The summed E-state index contributed by atoms with van der Waals surface area (Å²) in [5.41, 5.74) is 1.95. The second-order valence-electron chi connectivity index (χ2n) is 5.40. The van der Waals surface area contributed by atoms with E-state index in [1.54, 1.807) is 4.68 Å². The number of nitrogens with zero attached hydrogens (tertiary/aromatic N) is 4. The molecule has 0 aromatic carbocycles. The van der Waals surface area contributed by atoms with Crippen molar-refractivity contribution in [3.8, 4) is 11.3 Å². The Morgan fingerprint density at radius 1 is 1.33 bits per heavy atom. The normalized spacial score (nSPS) is 11.1. The van der Waals surface area contributed by atoms with Crippen molar-refractivity contribution < 1.29 is 0 Å². The molecule has 6 heteroatoms. The molecular formula is C15H23N5S. The van der Waals surface area contributed by atoms with Gasteiger partial charge in [0.05, 0.1) is 17.6 Å². The van der Waals surface area contributed by atoms with Crippen LogP contribution >= 0.6 is 11.8 Å². The van der Waals surface area contributed by atoms with Crippen molar-refractivity contribution in [2.75, 3.05) is 17.6 Å². The van der Waals surface area contributed by atoms with Gasteiger partial charge in [0.2, 0.25) is 0 Å². The molecule has 2 aromatic heterocycles. The summed E-state index contributed by atoms with van der Waals surface area (Å²) in [6.45, 7) is 7.37. The summed E-state index contributed by atoms with van der Waals surface area (Å²) in [6, 6.07) is 1.98. The first kappa shape index (κ1) is 15.8. The maximum Gasteiger partial charge on any atom is 0.141 e. The zero-order chi connectivity index (χ0) is 15.2. The molecule has 1 N–H and O–H groups in total. The molecule has 0 saturated heterocycles. The van der Waals surface area contributed by atoms with Gasteiger partial charge in [0.25, 0.3) is 0 Å². The van der Waals surface area contributed by atoms with E-state index in [0.29, 0.717) is 5.92 Å². The third-order valence-electron chi connectivity index (χ3n) is 2.81. The lowest BCUT2D eigenvalue weighted by Gasteiger charge is -2.09. The lowest BCUT2D eigenvalue weighted by molar-refractivity contribution is 0.750. The first-order chi connectivity index (χ1) is 10.1. The highest BCUT2D eigenvalue weighted by Gasteiger charge is 2.08. The molecule has 2 heterocycles. The van der Waals surface area contributed by atoms with Gasteiger partial charge in [-0.2, -0.15) is 16.9 Å². The summed E-state index contributed by atoms with van der Waals surface area (Å²) in [5.74, 6) is 4.40. The number of nitrogens with one attached hydrogen (secondary N) is 1. The van der Waals surface area contributed by atoms with Crippen LogP contribution in [0, 0.1) is 5.92 Å². The van der Waals surface area contributed by atoms with Crippen LogP contribution in [0.5, 0.6) is 0 Å². The summed E-state index contributed by atoms with van der Waals surface area (Å²) < 4.78 is 1.79. The van der Waals surface area contributed by atoms with Crippen molar-refractivity contribution in [1.29, 1.82) is 0 Å². The molecular weight excluding hydrogens is 282 g/mol. The van der Waals surface area contributed by atoms with E-state index in [9.17, 15) is 0 Å². The zero-order valence-corrected chi connectivity index (χ0v) is 13.9. The predicted molar refractivity (Wildman–Crippen MR) is 89.4 cm³/mol. The molecule has 0 amide bonds. The minimum atomic E-state index is 0.685. The second kappa shape index (κ2) is 7.45. The van der Waals surface area contributed by atoms with E-state index >= 15 is 0 Å². The summed E-state index contributed by atoms with van der Waals surface area (Å²) in [4.78, 5) is 9.25. The molecule has 0 aliphatic rings. The van der Waals surface area contributed by atoms with Crippen LogP contribution in [0.3, 0.4) is 0 Å². The number of hydrogen-bond donors (Lipinski definition) is 1. The van der Waals surface area contributed by atoms with Crippen molar-refractivity contribution in [1.82, 2.24) is 19.7 Å². The van der Waals surface area contributed by atoms with Gasteiger partial charge in [-0.25, -0.2) is 9.97 Å². The molecule has 0 aliphatic heterocycles. The second-order valence-corrected chi connectivity index (χ2v) is 6.43. The Balaban J connectivity index is 2.21. The molecule has 0 bridgehead atoms. The maximum absolute atomic E-state index is 4.67. The minimum absolute atomic E-state index is 0.685. The maximum atomic E-state index is 4.67. The van der Waals surface area contributed by atoms with Crippen molar-refractivity contribution >= 4 is 17.6 Å². The van der Waals surface area contributed by atoms with E-state index < -0.39 is 0 Å². The Kier molecular flexibility index (Phi) is 5.61. The number of aromatic nitrogens is 4. The van der Waals surface area contributed by atoms with Gasteiger partial charge in [0.15, 0.2) is 0 Å². The number of hydrogen-bond acceptors (Lipinski definition) is 5. The van der Waals surface area contributed by atoms with E-state index in [0.717, 1.165) is 41.0 Å². The van der Waals surface area contributed by atoms with Crippen LogP contribution in [-0.2, 0) is 12.8 Å². The fourth-order valence-corrected chi connectivity index (χ4v) is 2.82. The number of thioether (sulfide) groups is 1. The highest BCUT2D eigenvalue weighted by Crippen LogP contribution is 2.21. The summed E-state index contributed by atoms with van der Waals surface area (Å²) in [6.07, 6.45) is 3.81. The predicted octanol–water partition coefficient (Wildman–Crippen LogP) is 3.20. The summed E-state index contributed by atoms with van der Waals surface area (Å²) in [5, 5.41) is 7.49. The van der Waals surface area contributed by atoms with E-state index in [1.165, 1.54) is 0 Å². The third kappa shape index (κ3) is 4.74. The molecule has 21 heavy (non-hydrogen) atoms. The first-order valence-corrected chi connectivity index (χ1v) is 8.42. The van der Waals surface area contributed by atoms with Crippen LogP contribution in [0.25, 0.3) is 11.3 Å². The van der Waals surface area contributed by atoms with Crippen molar-refractivity contribution in [2.24, 2.45) is 13.0 Å². The Hall–Kier alpha value is -1.56. The van der Waals surface area contributed by atoms with E-state index in [-0.39, 0.29) is 0 Å². The van der Waals surface area contributed by atoms with E-state index in [4.69, 9.17) is 0 Å². The van der Waals surface area contributed by atoms with E-state index in [2.05, 4.69) is 41.2 Å². The molecule has 114 valence electrons. The van der Waals surface area contributed by atoms with Crippen LogP contribution < -0.4 is 5.32 Å². The van der Waals surface area contributed by atoms with Crippen LogP contribution in [-0.4, -0.2) is 32.0 Å². The van der Waals surface area contributed by atoms with Gasteiger partial charge >= 0.3 is 0 Å². The van der Waals surface area contributed by atoms with Gasteiger partial charge < -0.3 is 5.32 Å². The van der Waals surface area contributed by atoms with Crippen molar-refractivity contribution in [2.45, 2.75) is 26.5 Å². The molecule has 0 spiro atoms. The number of aryl methyl sites for hydroxylation is 1. The number of anilines is 1. The van der Waals surface area contributed by atoms with Crippen LogP contribution in [0.15, 0.2) is 18.5 Å². The Morgan fingerprint density at radius 2 is 2.14 bits per heavy atom. The van der Waals surface area contributed by atoms with Crippen molar-refractivity contribution in [3.63, 3.8) is 0 Å². The third-order valence-corrected chi connectivity index (χ3v) is 4.18. The highest BCUT2D eigenvalue weighted by molar-refractivity contribution is 7.98. The first-order valence-electron chi connectivity index (χ1n) is 7.27. The summed E-state index contributed by atoms with van der Waals surface area (Å²) in [7, 11) is 1.91. The fourth-order valence-electron chi connectivity index (χ4n) is 1.92. The standard InChI is InChI=1S/C15H23N5S/c1-5-16-14-6-13(12-7-17-20(4)8-12)18-15(19-14)10-21-9-11(2)3/h6-8,11H,5,9-10H2,1-4H3,(H,16,18,19). The Morgan fingerprint density at radius 3 is 2.76 bits per heavy atom. The molecule has 0 unspecified atom stereocenters. The molecule has 0 atom stereocenters. The molecule has 0 saturated carbocycles. The molecule has 2 rings (SSSR count). The SMILES string of the molecule is CCNc1cc(-c2cnn(C)c2)nc(CSCC(C)C)n1. The average molecular weight is 305 g/mol. The molecule has 0 aliphatic carbocycles. The van der Waals surface area contributed by atoms with Crippen molar-refractivity contribution in [3.05, 3.63) is 24.3 Å². The zero-order valence-electron chi connectivity index (χ0n) is 13.1.